The number of halogens is 2. The molecule has 0 saturated carbocycles. The third-order valence-corrected chi connectivity index (χ3v) is 6.32. The average Bonchev–Trinajstić information content (AvgIpc) is 2.77. The van der Waals surface area contributed by atoms with Crippen molar-refractivity contribution in [1.29, 1.82) is 0 Å². The summed E-state index contributed by atoms with van der Waals surface area (Å²) in [4.78, 5) is 25.2. The Morgan fingerprint density at radius 3 is 2.39 bits per heavy atom. The Morgan fingerprint density at radius 2 is 1.65 bits per heavy atom. The first kappa shape index (κ1) is 23.2. The predicted molar refractivity (Wildman–Crippen MR) is 130 cm³/mol. The van der Waals surface area contributed by atoms with Crippen LogP contribution >= 0.6 is 35.0 Å². The van der Waals surface area contributed by atoms with Crippen LogP contribution in [0.5, 0.6) is 0 Å². The van der Waals surface area contributed by atoms with Crippen LogP contribution in [-0.4, -0.2) is 17.6 Å². The summed E-state index contributed by atoms with van der Waals surface area (Å²) in [5.41, 5.74) is 2.91. The number of hydrogen-bond acceptors (Lipinski definition) is 3. The summed E-state index contributed by atoms with van der Waals surface area (Å²) < 4.78 is 0. The summed E-state index contributed by atoms with van der Waals surface area (Å²) in [6.45, 7) is 1.92. The molecule has 0 radical (unpaired) electrons. The SMILES string of the molecule is CC(NC(=O)c1ccccc1NC(=O)CSCc1ccc(Cl)c(Cl)c1)c1ccccc1. The molecule has 3 rings (SSSR count). The normalized spacial score (nSPS) is 11.6. The monoisotopic (exact) mass is 472 g/mol. The molecule has 3 aromatic rings. The molecular weight excluding hydrogens is 451 g/mol. The van der Waals surface area contributed by atoms with E-state index in [1.54, 1.807) is 36.4 Å². The fourth-order valence-electron chi connectivity index (χ4n) is 2.97. The third-order valence-electron chi connectivity index (χ3n) is 4.58. The zero-order valence-electron chi connectivity index (χ0n) is 16.9. The van der Waals surface area contributed by atoms with E-state index in [1.807, 2.05) is 43.3 Å². The number of carbonyl (C=O) groups excluding carboxylic acids is 2. The summed E-state index contributed by atoms with van der Waals surface area (Å²) in [5.74, 6) is 0.453. The molecule has 0 aromatic heterocycles. The van der Waals surface area contributed by atoms with Crippen molar-refractivity contribution < 1.29 is 9.59 Å². The van der Waals surface area contributed by atoms with Gasteiger partial charge < -0.3 is 10.6 Å². The lowest BCUT2D eigenvalue weighted by Gasteiger charge is -2.16. The first-order chi connectivity index (χ1) is 14.9. The van der Waals surface area contributed by atoms with Crippen molar-refractivity contribution in [1.82, 2.24) is 5.32 Å². The molecule has 0 bridgehead atoms. The average molecular weight is 473 g/mol. The molecule has 31 heavy (non-hydrogen) atoms. The molecule has 0 aliphatic carbocycles. The van der Waals surface area contributed by atoms with Crippen LogP contribution < -0.4 is 10.6 Å². The quantitative estimate of drug-likeness (QED) is 0.401. The molecule has 1 atom stereocenters. The van der Waals surface area contributed by atoms with Gasteiger partial charge in [0.1, 0.15) is 0 Å². The Kier molecular flexibility index (Phi) is 8.41. The summed E-state index contributed by atoms with van der Waals surface area (Å²) in [6.07, 6.45) is 0. The standard InChI is InChI=1S/C24H22Cl2N2O2S/c1-16(18-7-3-2-4-8-18)27-24(30)19-9-5-6-10-22(19)28-23(29)15-31-14-17-11-12-20(25)21(26)13-17/h2-13,16H,14-15H2,1H3,(H,27,30)(H,28,29). The second-order valence-electron chi connectivity index (χ2n) is 6.94. The van der Waals surface area contributed by atoms with Crippen LogP contribution in [0.4, 0.5) is 5.69 Å². The molecule has 7 heteroatoms. The maximum absolute atomic E-state index is 12.8. The lowest BCUT2D eigenvalue weighted by molar-refractivity contribution is -0.113. The summed E-state index contributed by atoms with van der Waals surface area (Å²) in [6, 6.07) is 22.0. The molecular formula is C24H22Cl2N2O2S. The van der Waals surface area contributed by atoms with Crippen molar-refractivity contribution >= 4 is 52.5 Å². The Balaban J connectivity index is 1.57. The van der Waals surface area contributed by atoms with Crippen LogP contribution in [0.1, 0.15) is 34.5 Å². The Morgan fingerprint density at radius 1 is 0.935 bits per heavy atom. The van der Waals surface area contributed by atoms with Gasteiger partial charge in [-0.25, -0.2) is 0 Å². The van der Waals surface area contributed by atoms with Crippen molar-refractivity contribution in [2.24, 2.45) is 0 Å². The number of para-hydroxylation sites is 1. The van der Waals surface area contributed by atoms with Gasteiger partial charge in [0.2, 0.25) is 5.91 Å². The van der Waals surface area contributed by atoms with Crippen LogP contribution in [0.2, 0.25) is 10.0 Å². The summed E-state index contributed by atoms with van der Waals surface area (Å²) >= 11 is 13.4. The van der Waals surface area contributed by atoms with E-state index in [2.05, 4.69) is 10.6 Å². The highest BCUT2D eigenvalue weighted by Crippen LogP contribution is 2.25. The van der Waals surface area contributed by atoms with Crippen molar-refractivity contribution in [3.8, 4) is 0 Å². The summed E-state index contributed by atoms with van der Waals surface area (Å²) in [7, 11) is 0. The van der Waals surface area contributed by atoms with Crippen LogP contribution in [0.3, 0.4) is 0 Å². The number of rotatable bonds is 8. The van der Waals surface area contributed by atoms with Crippen LogP contribution in [0.25, 0.3) is 0 Å². The molecule has 0 fully saturated rings. The third kappa shape index (κ3) is 6.76. The van der Waals surface area contributed by atoms with Gasteiger partial charge in [0.05, 0.1) is 33.1 Å². The van der Waals surface area contributed by atoms with Crippen molar-refractivity contribution in [3.63, 3.8) is 0 Å². The zero-order chi connectivity index (χ0) is 22.2. The molecule has 0 spiro atoms. The fourth-order valence-corrected chi connectivity index (χ4v) is 4.06. The maximum atomic E-state index is 12.8. The smallest absolute Gasteiger partial charge is 0.253 e. The van der Waals surface area contributed by atoms with E-state index < -0.39 is 0 Å². The second-order valence-corrected chi connectivity index (χ2v) is 8.74. The zero-order valence-corrected chi connectivity index (χ0v) is 19.2. The number of amides is 2. The largest absolute Gasteiger partial charge is 0.345 e. The number of benzene rings is 3. The number of hydrogen-bond donors (Lipinski definition) is 2. The van der Waals surface area contributed by atoms with Gasteiger partial charge in [-0.3, -0.25) is 9.59 Å². The number of thioether (sulfide) groups is 1. The van der Waals surface area contributed by atoms with E-state index in [0.717, 1.165) is 11.1 Å². The van der Waals surface area contributed by atoms with Gasteiger partial charge in [0, 0.05) is 5.75 Å². The fraction of sp³-hybridized carbons (Fsp3) is 0.167. The van der Waals surface area contributed by atoms with Crippen molar-refractivity contribution in [2.45, 2.75) is 18.7 Å². The highest BCUT2D eigenvalue weighted by Gasteiger charge is 2.16. The van der Waals surface area contributed by atoms with E-state index >= 15 is 0 Å². The van der Waals surface area contributed by atoms with Gasteiger partial charge in [0.25, 0.3) is 5.91 Å². The van der Waals surface area contributed by atoms with Crippen molar-refractivity contribution in [3.05, 3.63) is 99.5 Å². The van der Waals surface area contributed by atoms with Gasteiger partial charge in [-0.05, 0) is 42.3 Å². The Hall–Kier alpha value is -2.47. The molecule has 1 unspecified atom stereocenters. The number of carbonyl (C=O) groups is 2. The van der Waals surface area contributed by atoms with E-state index in [0.29, 0.717) is 27.0 Å². The molecule has 160 valence electrons. The van der Waals surface area contributed by atoms with Crippen LogP contribution in [-0.2, 0) is 10.5 Å². The highest BCUT2D eigenvalue weighted by molar-refractivity contribution is 7.99. The first-order valence-corrected chi connectivity index (χ1v) is 11.6. The molecule has 2 amide bonds. The van der Waals surface area contributed by atoms with E-state index in [4.69, 9.17) is 23.2 Å². The van der Waals surface area contributed by atoms with Gasteiger partial charge in [-0.15, -0.1) is 11.8 Å². The predicted octanol–water partition coefficient (Wildman–Crippen LogP) is 6.36. The van der Waals surface area contributed by atoms with E-state index in [1.165, 1.54) is 11.8 Å². The van der Waals surface area contributed by atoms with Crippen LogP contribution in [0, 0.1) is 0 Å². The highest BCUT2D eigenvalue weighted by atomic mass is 35.5. The Bertz CT molecular complexity index is 1060. The van der Waals surface area contributed by atoms with E-state index in [9.17, 15) is 9.59 Å². The van der Waals surface area contributed by atoms with E-state index in [-0.39, 0.29) is 23.6 Å². The topological polar surface area (TPSA) is 58.2 Å². The molecule has 0 aliphatic rings. The van der Waals surface area contributed by atoms with Gasteiger partial charge in [-0.2, -0.15) is 0 Å². The van der Waals surface area contributed by atoms with Gasteiger partial charge in [-0.1, -0.05) is 71.7 Å². The van der Waals surface area contributed by atoms with Gasteiger partial charge in [0.15, 0.2) is 0 Å². The minimum Gasteiger partial charge on any atom is -0.345 e. The molecule has 0 aliphatic heterocycles. The molecule has 3 aromatic carbocycles. The van der Waals surface area contributed by atoms with Gasteiger partial charge >= 0.3 is 0 Å². The minimum absolute atomic E-state index is 0.154. The molecule has 0 saturated heterocycles. The second kappa shape index (κ2) is 11.2. The summed E-state index contributed by atoms with van der Waals surface area (Å²) in [5, 5.41) is 6.82. The first-order valence-electron chi connectivity index (χ1n) is 9.70. The molecule has 0 heterocycles. The lowest BCUT2D eigenvalue weighted by atomic mass is 10.1. The van der Waals surface area contributed by atoms with Crippen molar-refractivity contribution in [2.75, 3.05) is 11.1 Å². The lowest BCUT2D eigenvalue weighted by Crippen LogP contribution is -2.28. The minimum atomic E-state index is -0.240. The Labute approximate surface area is 196 Å². The number of anilines is 1. The number of nitrogens with one attached hydrogen (secondary N) is 2. The maximum Gasteiger partial charge on any atom is 0.253 e. The molecule has 2 N–H and O–H groups in total. The van der Waals surface area contributed by atoms with Crippen LogP contribution in [0.15, 0.2) is 72.8 Å². The molecule has 4 nitrogen and oxygen atoms in total.